The molecule has 0 unspecified atom stereocenters. The first-order valence-electron chi connectivity index (χ1n) is 8.62. The first kappa shape index (κ1) is 21.2. The number of nitrogens with zero attached hydrogens (tertiary/aromatic N) is 5. The highest BCUT2D eigenvalue weighted by molar-refractivity contribution is 7.99. The Morgan fingerprint density at radius 2 is 1.78 bits per heavy atom. The second-order valence-electron chi connectivity index (χ2n) is 5.99. The van der Waals surface area contributed by atoms with Gasteiger partial charge in [-0.1, -0.05) is 35.5 Å². The summed E-state index contributed by atoms with van der Waals surface area (Å²) in [5.74, 6) is 0.935. The minimum absolute atomic E-state index is 0.00219. The molecule has 2 rings (SSSR count). The van der Waals surface area contributed by atoms with E-state index in [2.05, 4.69) is 23.1 Å². The maximum atomic E-state index is 12.4. The van der Waals surface area contributed by atoms with Crippen molar-refractivity contribution in [2.24, 2.45) is 0 Å². The van der Waals surface area contributed by atoms with E-state index in [-0.39, 0.29) is 17.6 Å². The molecule has 1 saturated heterocycles. The summed E-state index contributed by atoms with van der Waals surface area (Å²) in [6.07, 6.45) is 3.55. The van der Waals surface area contributed by atoms with Gasteiger partial charge in [-0.15, -0.1) is 13.2 Å². The van der Waals surface area contributed by atoms with Crippen molar-refractivity contribution in [3.8, 4) is 0 Å². The summed E-state index contributed by atoms with van der Waals surface area (Å²) in [4.78, 5) is 38.0. The highest BCUT2D eigenvalue weighted by atomic mass is 35.5. The number of hydrogen-bond acceptors (Lipinski definition) is 6. The number of aromatic nitrogens is 2. The van der Waals surface area contributed by atoms with Gasteiger partial charge in [0.25, 0.3) is 0 Å². The van der Waals surface area contributed by atoms with Gasteiger partial charge in [0.05, 0.1) is 5.75 Å². The predicted octanol–water partition coefficient (Wildman–Crippen LogP) is 2.09. The second kappa shape index (κ2) is 10.3. The predicted molar refractivity (Wildman–Crippen MR) is 109 cm³/mol. The molecule has 9 heteroatoms. The third-order valence-electron chi connectivity index (χ3n) is 4.09. The Hall–Kier alpha value is -2.06. The van der Waals surface area contributed by atoms with Crippen LogP contribution in [0, 0.1) is 0 Å². The average Bonchev–Trinajstić information content (AvgIpc) is 2.65. The van der Waals surface area contributed by atoms with Gasteiger partial charge < -0.3 is 14.7 Å². The van der Waals surface area contributed by atoms with Crippen LogP contribution in [0.3, 0.4) is 0 Å². The van der Waals surface area contributed by atoms with Crippen molar-refractivity contribution < 1.29 is 9.59 Å². The molecule has 0 aliphatic carbocycles. The number of rotatable bonds is 8. The van der Waals surface area contributed by atoms with Crippen molar-refractivity contribution in [2.75, 3.05) is 49.9 Å². The van der Waals surface area contributed by atoms with Crippen molar-refractivity contribution in [1.82, 2.24) is 19.8 Å². The van der Waals surface area contributed by atoms with E-state index in [1.807, 2.05) is 4.90 Å². The van der Waals surface area contributed by atoms with Crippen LogP contribution in [0.2, 0.25) is 5.15 Å². The summed E-state index contributed by atoms with van der Waals surface area (Å²) in [6.45, 7) is 12.5. The summed E-state index contributed by atoms with van der Waals surface area (Å²) in [5.41, 5.74) is 0. The van der Waals surface area contributed by atoms with Crippen LogP contribution in [0.1, 0.15) is 6.92 Å². The van der Waals surface area contributed by atoms with Gasteiger partial charge in [-0.3, -0.25) is 9.59 Å². The van der Waals surface area contributed by atoms with E-state index in [0.717, 1.165) is 0 Å². The lowest BCUT2D eigenvalue weighted by Gasteiger charge is -2.34. The van der Waals surface area contributed by atoms with Gasteiger partial charge in [0, 0.05) is 52.3 Å². The Morgan fingerprint density at radius 1 is 1.19 bits per heavy atom. The fraction of sp³-hybridized carbons (Fsp3) is 0.444. The van der Waals surface area contributed by atoms with Gasteiger partial charge in [-0.05, 0) is 0 Å². The zero-order valence-corrected chi connectivity index (χ0v) is 17.0. The van der Waals surface area contributed by atoms with Crippen LogP contribution in [-0.4, -0.2) is 76.6 Å². The standard InChI is InChI=1S/C18H24ClN5O2S/c1-4-6-23(7-5-2)16-12-15(19)20-18(21-16)27-13-17(26)24-10-8-22(9-11-24)14(3)25/h4-5,12H,1-2,6-11,13H2,3H3. The minimum Gasteiger partial charge on any atom is -0.349 e. The summed E-state index contributed by atoms with van der Waals surface area (Å²) in [6, 6.07) is 1.68. The van der Waals surface area contributed by atoms with Crippen LogP contribution in [-0.2, 0) is 9.59 Å². The van der Waals surface area contributed by atoms with Crippen molar-refractivity contribution >= 4 is 41.0 Å². The molecule has 1 aromatic rings. The largest absolute Gasteiger partial charge is 0.349 e. The van der Waals surface area contributed by atoms with Gasteiger partial charge in [0.1, 0.15) is 11.0 Å². The fourth-order valence-corrected chi connectivity index (χ4v) is 3.66. The van der Waals surface area contributed by atoms with Gasteiger partial charge >= 0.3 is 0 Å². The summed E-state index contributed by atoms with van der Waals surface area (Å²) < 4.78 is 0. The second-order valence-corrected chi connectivity index (χ2v) is 7.32. The molecule has 7 nitrogen and oxygen atoms in total. The number of thioether (sulfide) groups is 1. The van der Waals surface area contributed by atoms with E-state index in [1.54, 1.807) is 34.9 Å². The van der Waals surface area contributed by atoms with Crippen molar-refractivity contribution in [3.63, 3.8) is 0 Å². The number of carbonyl (C=O) groups is 2. The number of carbonyl (C=O) groups excluding carboxylic acids is 2. The highest BCUT2D eigenvalue weighted by Crippen LogP contribution is 2.22. The molecule has 0 aromatic carbocycles. The maximum absolute atomic E-state index is 12.4. The summed E-state index contributed by atoms with van der Waals surface area (Å²) >= 11 is 7.38. The minimum atomic E-state index is 0.00219. The molecule has 0 atom stereocenters. The van der Waals surface area contributed by atoms with Crippen LogP contribution < -0.4 is 4.90 Å². The molecule has 1 aromatic heterocycles. The number of amides is 2. The molecule has 27 heavy (non-hydrogen) atoms. The topological polar surface area (TPSA) is 69.6 Å². The Labute approximate surface area is 169 Å². The molecular weight excluding hydrogens is 386 g/mol. The van der Waals surface area contributed by atoms with Gasteiger partial charge in [-0.25, -0.2) is 9.97 Å². The van der Waals surface area contributed by atoms with E-state index in [9.17, 15) is 9.59 Å². The van der Waals surface area contributed by atoms with Crippen LogP contribution in [0.4, 0.5) is 5.82 Å². The molecule has 1 aliphatic rings. The monoisotopic (exact) mass is 409 g/mol. The molecule has 0 bridgehead atoms. The van der Waals surface area contributed by atoms with Gasteiger partial charge in [0.15, 0.2) is 5.16 Å². The van der Waals surface area contributed by atoms with Gasteiger partial charge in [-0.2, -0.15) is 0 Å². The van der Waals surface area contributed by atoms with E-state index in [4.69, 9.17) is 11.6 Å². The Bertz CT molecular complexity index is 697. The van der Waals surface area contributed by atoms with Crippen molar-refractivity contribution in [1.29, 1.82) is 0 Å². The molecule has 0 radical (unpaired) electrons. The lowest BCUT2D eigenvalue weighted by atomic mass is 10.3. The van der Waals surface area contributed by atoms with Crippen molar-refractivity contribution in [3.05, 3.63) is 36.5 Å². The lowest BCUT2D eigenvalue weighted by Crippen LogP contribution is -2.50. The molecule has 0 spiro atoms. The third kappa shape index (κ3) is 6.25. The Morgan fingerprint density at radius 3 is 2.33 bits per heavy atom. The molecule has 0 saturated carbocycles. The molecule has 146 valence electrons. The first-order valence-corrected chi connectivity index (χ1v) is 9.98. The smallest absolute Gasteiger partial charge is 0.233 e. The summed E-state index contributed by atoms with van der Waals surface area (Å²) in [7, 11) is 0. The molecular formula is C18H24ClN5O2S. The Balaban J connectivity index is 1.97. The zero-order chi connectivity index (χ0) is 19.8. The molecule has 1 fully saturated rings. The number of anilines is 1. The van der Waals surface area contributed by atoms with E-state index in [0.29, 0.717) is 55.4 Å². The molecule has 0 N–H and O–H groups in total. The van der Waals surface area contributed by atoms with Gasteiger partial charge in [0.2, 0.25) is 11.8 Å². The normalized spacial score (nSPS) is 14.0. The number of halogens is 1. The molecule has 2 amide bonds. The van der Waals surface area contributed by atoms with Crippen LogP contribution in [0.15, 0.2) is 36.5 Å². The van der Waals surface area contributed by atoms with Crippen LogP contribution in [0.5, 0.6) is 0 Å². The van der Waals surface area contributed by atoms with Crippen LogP contribution >= 0.6 is 23.4 Å². The summed E-state index contributed by atoms with van der Waals surface area (Å²) in [5, 5.41) is 0.773. The van der Waals surface area contributed by atoms with E-state index >= 15 is 0 Å². The van der Waals surface area contributed by atoms with Crippen molar-refractivity contribution in [2.45, 2.75) is 12.1 Å². The van der Waals surface area contributed by atoms with Crippen LogP contribution in [0.25, 0.3) is 0 Å². The Kier molecular flexibility index (Phi) is 8.12. The maximum Gasteiger partial charge on any atom is 0.233 e. The number of piperazine rings is 1. The zero-order valence-electron chi connectivity index (χ0n) is 15.4. The molecule has 2 heterocycles. The quantitative estimate of drug-likeness (QED) is 0.283. The molecule has 1 aliphatic heterocycles. The lowest BCUT2D eigenvalue weighted by molar-refractivity contribution is -0.136. The fourth-order valence-electron chi connectivity index (χ4n) is 2.67. The average molecular weight is 410 g/mol. The third-order valence-corrected chi connectivity index (χ3v) is 5.11. The first-order chi connectivity index (χ1) is 12.9. The highest BCUT2D eigenvalue weighted by Gasteiger charge is 2.22. The number of hydrogen-bond donors (Lipinski definition) is 0. The van der Waals surface area contributed by atoms with E-state index < -0.39 is 0 Å². The SMILES string of the molecule is C=CCN(CC=C)c1cc(Cl)nc(SCC(=O)N2CCN(C(C)=O)CC2)n1. The van der Waals surface area contributed by atoms with E-state index in [1.165, 1.54) is 11.8 Å².